The standard InChI is InChI=1S/C13H20Br2N2O/c1-3-16-12(6-4-5-7-18-2)13-11(15)8-10(14)9-17-13/h8-9,12,16H,3-7H2,1-2H3. The molecule has 0 aliphatic rings. The average molecular weight is 380 g/mol. The molecule has 1 aromatic heterocycles. The van der Waals surface area contributed by atoms with Gasteiger partial charge in [0.15, 0.2) is 0 Å². The van der Waals surface area contributed by atoms with Gasteiger partial charge in [-0.2, -0.15) is 0 Å². The van der Waals surface area contributed by atoms with E-state index in [0.717, 1.165) is 47.1 Å². The van der Waals surface area contributed by atoms with Crippen molar-refractivity contribution in [3.63, 3.8) is 0 Å². The Labute approximate surface area is 126 Å². The minimum atomic E-state index is 0.300. The Hall–Kier alpha value is 0.0300. The lowest BCUT2D eigenvalue weighted by molar-refractivity contribution is 0.191. The third kappa shape index (κ3) is 5.34. The van der Waals surface area contributed by atoms with Gasteiger partial charge in [0.25, 0.3) is 0 Å². The number of pyridine rings is 1. The van der Waals surface area contributed by atoms with E-state index in [1.807, 2.05) is 12.3 Å². The molecule has 0 aromatic carbocycles. The van der Waals surface area contributed by atoms with Crippen molar-refractivity contribution >= 4 is 31.9 Å². The first-order chi connectivity index (χ1) is 8.69. The number of hydrogen-bond donors (Lipinski definition) is 1. The number of nitrogens with one attached hydrogen (secondary N) is 1. The molecule has 1 unspecified atom stereocenters. The zero-order valence-electron chi connectivity index (χ0n) is 10.9. The molecule has 0 aliphatic carbocycles. The highest BCUT2D eigenvalue weighted by molar-refractivity contribution is 9.11. The van der Waals surface area contributed by atoms with Crippen LogP contribution in [0.5, 0.6) is 0 Å². The summed E-state index contributed by atoms with van der Waals surface area (Å²) in [7, 11) is 1.74. The number of rotatable bonds is 8. The molecular weight excluding hydrogens is 360 g/mol. The number of nitrogens with zero attached hydrogens (tertiary/aromatic N) is 1. The number of methoxy groups -OCH3 is 1. The van der Waals surface area contributed by atoms with E-state index in [4.69, 9.17) is 4.74 Å². The first-order valence-electron chi connectivity index (χ1n) is 6.22. The molecule has 1 rings (SSSR count). The van der Waals surface area contributed by atoms with Gasteiger partial charge >= 0.3 is 0 Å². The van der Waals surface area contributed by atoms with Gasteiger partial charge in [-0.25, -0.2) is 0 Å². The van der Waals surface area contributed by atoms with Gasteiger partial charge in [0.05, 0.1) is 11.7 Å². The molecule has 0 radical (unpaired) electrons. The van der Waals surface area contributed by atoms with Gasteiger partial charge in [-0.15, -0.1) is 0 Å². The molecule has 0 fully saturated rings. The normalized spacial score (nSPS) is 12.7. The van der Waals surface area contributed by atoms with E-state index in [9.17, 15) is 0 Å². The lowest BCUT2D eigenvalue weighted by Gasteiger charge is -2.18. The summed E-state index contributed by atoms with van der Waals surface area (Å²) in [6.07, 6.45) is 5.15. The molecule has 1 aromatic rings. The third-order valence-electron chi connectivity index (χ3n) is 2.71. The van der Waals surface area contributed by atoms with E-state index >= 15 is 0 Å². The summed E-state index contributed by atoms with van der Waals surface area (Å²) in [5.41, 5.74) is 1.08. The summed E-state index contributed by atoms with van der Waals surface area (Å²) in [4.78, 5) is 4.51. The lowest BCUT2D eigenvalue weighted by Crippen LogP contribution is -2.22. The van der Waals surface area contributed by atoms with Crippen molar-refractivity contribution in [3.8, 4) is 0 Å². The van der Waals surface area contributed by atoms with Gasteiger partial charge in [0, 0.05) is 28.9 Å². The zero-order valence-corrected chi connectivity index (χ0v) is 14.1. The van der Waals surface area contributed by atoms with Crippen LogP contribution in [0.1, 0.15) is 37.9 Å². The van der Waals surface area contributed by atoms with Gasteiger partial charge in [0.1, 0.15) is 0 Å². The fourth-order valence-electron chi connectivity index (χ4n) is 1.86. The third-order valence-corrected chi connectivity index (χ3v) is 3.78. The maximum absolute atomic E-state index is 5.08. The maximum Gasteiger partial charge on any atom is 0.0715 e. The van der Waals surface area contributed by atoms with Crippen LogP contribution in [0.2, 0.25) is 0 Å². The second kappa shape index (κ2) is 9.02. The van der Waals surface area contributed by atoms with Crippen LogP contribution in [-0.2, 0) is 4.74 Å². The fraction of sp³-hybridized carbons (Fsp3) is 0.615. The predicted molar refractivity (Wildman–Crippen MR) is 81.8 cm³/mol. The van der Waals surface area contributed by atoms with Crippen molar-refractivity contribution in [1.29, 1.82) is 0 Å². The van der Waals surface area contributed by atoms with Crippen molar-refractivity contribution in [2.45, 2.75) is 32.2 Å². The second-order valence-electron chi connectivity index (χ2n) is 4.12. The van der Waals surface area contributed by atoms with Crippen LogP contribution >= 0.6 is 31.9 Å². The predicted octanol–water partition coefficient (Wildman–Crippen LogP) is 4.07. The van der Waals surface area contributed by atoms with E-state index < -0.39 is 0 Å². The average Bonchev–Trinajstić information content (AvgIpc) is 2.34. The molecule has 0 aliphatic heterocycles. The molecule has 0 spiro atoms. The van der Waals surface area contributed by atoms with Crippen molar-refractivity contribution < 1.29 is 4.74 Å². The molecule has 1 atom stereocenters. The van der Waals surface area contributed by atoms with Crippen molar-refractivity contribution in [2.75, 3.05) is 20.3 Å². The number of ether oxygens (including phenoxy) is 1. The first kappa shape index (κ1) is 16.1. The smallest absolute Gasteiger partial charge is 0.0715 e. The number of halogens is 2. The van der Waals surface area contributed by atoms with Gasteiger partial charge in [-0.3, -0.25) is 4.98 Å². The summed E-state index contributed by atoms with van der Waals surface area (Å²) in [6.45, 7) is 3.89. The molecule has 0 amide bonds. The Balaban J connectivity index is 2.64. The SMILES string of the molecule is CCNC(CCCCOC)c1ncc(Br)cc1Br. The monoisotopic (exact) mass is 378 g/mol. The number of aromatic nitrogens is 1. The highest BCUT2D eigenvalue weighted by Crippen LogP contribution is 2.27. The largest absolute Gasteiger partial charge is 0.385 e. The molecule has 5 heteroatoms. The number of unbranched alkanes of at least 4 members (excludes halogenated alkanes) is 1. The van der Waals surface area contributed by atoms with E-state index in [1.54, 1.807) is 7.11 Å². The Morgan fingerprint density at radius 1 is 1.39 bits per heavy atom. The Bertz CT molecular complexity index is 361. The molecule has 1 heterocycles. The zero-order chi connectivity index (χ0) is 13.4. The lowest BCUT2D eigenvalue weighted by atomic mass is 10.1. The maximum atomic E-state index is 5.08. The summed E-state index contributed by atoms with van der Waals surface area (Å²) in [6, 6.07) is 2.34. The van der Waals surface area contributed by atoms with E-state index in [1.165, 1.54) is 0 Å². The van der Waals surface area contributed by atoms with Crippen LogP contribution in [0.3, 0.4) is 0 Å². The van der Waals surface area contributed by atoms with Gasteiger partial charge in [0.2, 0.25) is 0 Å². The Morgan fingerprint density at radius 3 is 2.78 bits per heavy atom. The van der Waals surface area contributed by atoms with Crippen LogP contribution < -0.4 is 5.32 Å². The minimum Gasteiger partial charge on any atom is -0.385 e. The molecule has 3 nitrogen and oxygen atoms in total. The molecular formula is C13H20Br2N2O. The molecule has 0 saturated carbocycles. The molecule has 0 saturated heterocycles. The highest BCUT2D eigenvalue weighted by atomic mass is 79.9. The van der Waals surface area contributed by atoms with E-state index in [2.05, 4.69) is 49.1 Å². The van der Waals surface area contributed by atoms with Crippen molar-refractivity contribution in [3.05, 3.63) is 26.9 Å². The van der Waals surface area contributed by atoms with Gasteiger partial charge in [-0.05, 0) is 63.7 Å². The molecule has 0 bridgehead atoms. The van der Waals surface area contributed by atoms with Gasteiger partial charge in [-0.1, -0.05) is 6.92 Å². The number of hydrogen-bond acceptors (Lipinski definition) is 3. The van der Waals surface area contributed by atoms with Crippen LogP contribution in [0.25, 0.3) is 0 Å². The molecule has 18 heavy (non-hydrogen) atoms. The second-order valence-corrected chi connectivity index (χ2v) is 5.89. The van der Waals surface area contributed by atoms with Crippen molar-refractivity contribution in [2.24, 2.45) is 0 Å². The highest BCUT2D eigenvalue weighted by Gasteiger charge is 2.14. The van der Waals surface area contributed by atoms with Crippen molar-refractivity contribution in [1.82, 2.24) is 10.3 Å². The minimum absolute atomic E-state index is 0.300. The van der Waals surface area contributed by atoms with Crippen LogP contribution in [0.15, 0.2) is 21.2 Å². The topological polar surface area (TPSA) is 34.1 Å². The molecule has 1 N–H and O–H groups in total. The summed E-state index contributed by atoms with van der Waals surface area (Å²) >= 11 is 7.01. The summed E-state index contributed by atoms with van der Waals surface area (Å²) in [5.74, 6) is 0. The Morgan fingerprint density at radius 2 is 2.17 bits per heavy atom. The fourth-order valence-corrected chi connectivity index (χ4v) is 3.12. The van der Waals surface area contributed by atoms with E-state index in [0.29, 0.717) is 6.04 Å². The first-order valence-corrected chi connectivity index (χ1v) is 7.80. The van der Waals surface area contributed by atoms with Gasteiger partial charge < -0.3 is 10.1 Å². The molecule has 102 valence electrons. The van der Waals surface area contributed by atoms with E-state index in [-0.39, 0.29) is 0 Å². The van der Waals surface area contributed by atoms with Crippen LogP contribution in [-0.4, -0.2) is 25.2 Å². The quantitative estimate of drug-likeness (QED) is 0.691. The Kier molecular flexibility index (Phi) is 8.06. The van der Waals surface area contributed by atoms with Crippen LogP contribution in [0, 0.1) is 0 Å². The van der Waals surface area contributed by atoms with Crippen LogP contribution in [0.4, 0.5) is 0 Å². The summed E-state index contributed by atoms with van der Waals surface area (Å²) < 4.78 is 7.12. The summed E-state index contributed by atoms with van der Waals surface area (Å²) in [5, 5.41) is 3.49.